The molecule has 0 spiro atoms. The van der Waals surface area contributed by atoms with E-state index >= 15 is 0 Å². The van der Waals surface area contributed by atoms with E-state index in [0.717, 1.165) is 18.5 Å². The molecule has 2 aromatic rings. The smallest absolute Gasteiger partial charge is 0.0491 e. The van der Waals surface area contributed by atoms with Gasteiger partial charge >= 0.3 is 0 Å². The van der Waals surface area contributed by atoms with Gasteiger partial charge in [-0.05, 0) is 49.1 Å². The van der Waals surface area contributed by atoms with E-state index in [1.807, 2.05) is 19.9 Å². The Kier molecular flexibility index (Phi) is 3.23. The second-order valence-corrected chi connectivity index (χ2v) is 4.27. The first-order valence-corrected chi connectivity index (χ1v) is 6.31. The summed E-state index contributed by atoms with van der Waals surface area (Å²) in [6, 6.07) is 8.44. The van der Waals surface area contributed by atoms with Gasteiger partial charge in [-0.25, -0.2) is 0 Å². The molecule has 0 saturated heterocycles. The molecule has 0 fully saturated rings. The molecule has 2 nitrogen and oxygen atoms in total. The fourth-order valence-electron chi connectivity index (χ4n) is 2.42. The molecule has 1 aliphatic carbocycles. The van der Waals surface area contributed by atoms with E-state index in [-0.39, 0.29) is 0 Å². The van der Waals surface area contributed by atoms with E-state index in [0.29, 0.717) is 0 Å². The summed E-state index contributed by atoms with van der Waals surface area (Å²) < 4.78 is 0. The van der Waals surface area contributed by atoms with Gasteiger partial charge in [-0.15, -0.1) is 0 Å². The molecule has 0 saturated carbocycles. The van der Waals surface area contributed by atoms with Crippen molar-refractivity contribution in [3.8, 4) is 11.3 Å². The van der Waals surface area contributed by atoms with Crippen molar-refractivity contribution in [1.29, 1.82) is 0 Å². The van der Waals surface area contributed by atoms with E-state index < -0.39 is 0 Å². The molecule has 0 atom stereocenters. The highest BCUT2D eigenvalue weighted by Gasteiger charge is 2.17. The summed E-state index contributed by atoms with van der Waals surface area (Å²) in [5.74, 6) is 0. The maximum Gasteiger partial charge on any atom is 0.0491 e. The van der Waals surface area contributed by atoms with Crippen LogP contribution in [-0.4, -0.2) is 4.98 Å². The third kappa shape index (κ3) is 2.07. The quantitative estimate of drug-likeness (QED) is 0.663. The topological polar surface area (TPSA) is 41.8 Å². The lowest BCUT2D eigenvalue weighted by Crippen LogP contribution is -2.03. The number of aryl methyl sites for hydroxylation is 3. The molecule has 0 bridgehead atoms. The maximum absolute atomic E-state index is 5.80. The number of fused-ring (bicyclic) bond motifs is 3. The third-order valence-corrected chi connectivity index (χ3v) is 3.10. The van der Waals surface area contributed by atoms with Crippen LogP contribution in [0.15, 0.2) is 24.3 Å². The van der Waals surface area contributed by atoms with E-state index in [2.05, 4.69) is 30.1 Å². The van der Waals surface area contributed by atoms with Crippen molar-refractivity contribution in [1.82, 2.24) is 4.98 Å². The number of aromatic nitrogens is 1. The van der Waals surface area contributed by atoms with Crippen LogP contribution in [0, 0.1) is 6.92 Å². The maximum atomic E-state index is 5.80. The van der Waals surface area contributed by atoms with E-state index in [1.54, 1.807) is 0 Å². The molecule has 1 aromatic heterocycles. The van der Waals surface area contributed by atoms with Crippen LogP contribution in [0.2, 0.25) is 0 Å². The first-order valence-electron chi connectivity index (χ1n) is 6.31. The van der Waals surface area contributed by atoms with E-state index in [1.165, 1.54) is 28.1 Å². The fourth-order valence-corrected chi connectivity index (χ4v) is 2.42. The number of nitrogens with one attached hydrogen (secondary N) is 1. The summed E-state index contributed by atoms with van der Waals surface area (Å²) in [5, 5.41) is 0. The molecule has 1 aromatic carbocycles. The molecular weight excluding hydrogens is 208 g/mol. The number of anilines is 1. The molecule has 3 rings (SSSR count). The van der Waals surface area contributed by atoms with Gasteiger partial charge in [0.1, 0.15) is 0 Å². The van der Waals surface area contributed by atoms with Crippen LogP contribution in [0.25, 0.3) is 11.3 Å². The highest BCUT2D eigenvalue weighted by molar-refractivity contribution is 5.72. The number of benzene rings is 1. The molecule has 0 radical (unpaired) electrons. The summed E-state index contributed by atoms with van der Waals surface area (Å²) in [6.07, 6.45) is 2.22. The van der Waals surface area contributed by atoms with Gasteiger partial charge in [0.05, 0.1) is 0 Å². The lowest BCUT2D eigenvalue weighted by molar-refractivity contribution is 0.942. The largest absolute Gasteiger partial charge is 0.399 e. The standard InChI is InChI=1S/C13H14N2.C2H6/c1-8-6-10-3-2-9-7-11(14)4-5-12(9)13(10)15-8;1-2/h4-7,15H,2-3,14H2,1H3;1-2H3. The third-order valence-electron chi connectivity index (χ3n) is 3.10. The number of H-pyrrole nitrogens is 1. The van der Waals surface area contributed by atoms with Crippen molar-refractivity contribution in [3.05, 3.63) is 41.1 Å². The Morgan fingerprint density at radius 2 is 1.76 bits per heavy atom. The Bertz CT molecular complexity index is 524. The van der Waals surface area contributed by atoms with Crippen LogP contribution < -0.4 is 5.73 Å². The van der Waals surface area contributed by atoms with Gasteiger partial charge in [-0.1, -0.05) is 19.9 Å². The van der Waals surface area contributed by atoms with Crippen molar-refractivity contribution in [3.63, 3.8) is 0 Å². The van der Waals surface area contributed by atoms with Crippen LogP contribution in [-0.2, 0) is 12.8 Å². The summed E-state index contributed by atoms with van der Waals surface area (Å²) in [6.45, 7) is 6.11. The highest BCUT2D eigenvalue weighted by Crippen LogP contribution is 2.34. The van der Waals surface area contributed by atoms with Crippen LogP contribution >= 0.6 is 0 Å². The average molecular weight is 228 g/mol. The van der Waals surface area contributed by atoms with Gasteiger partial charge in [0, 0.05) is 22.6 Å². The molecular formula is C15H20N2. The summed E-state index contributed by atoms with van der Waals surface area (Å²) in [4.78, 5) is 3.43. The van der Waals surface area contributed by atoms with Gasteiger partial charge in [0.25, 0.3) is 0 Å². The second-order valence-electron chi connectivity index (χ2n) is 4.27. The lowest BCUT2D eigenvalue weighted by Gasteiger charge is -2.16. The van der Waals surface area contributed by atoms with Gasteiger partial charge in [-0.3, -0.25) is 0 Å². The van der Waals surface area contributed by atoms with Crippen LogP contribution in [0.3, 0.4) is 0 Å². The molecule has 1 aliphatic rings. The van der Waals surface area contributed by atoms with Crippen LogP contribution in [0.4, 0.5) is 5.69 Å². The number of aromatic amines is 1. The molecule has 2 heteroatoms. The second kappa shape index (κ2) is 4.66. The summed E-state index contributed by atoms with van der Waals surface area (Å²) >= 11 is 0. The van der Waals surface area contributed by atoms with Crippen molar-refractivity contribution in [2.24, 2.45) is 0 Å². The number of hydrogen-bond donors (Lipinski definition) is 2. The Balaban J connectivity index is 0.000000514. The minimum absolute atomic E-state index is 0.862. The van der Waals surface area contributed by atoms with Crippen molar-refractivity contribution >= 4 is 5.69 Å². The Morgan fingerprint density at radius 1 is 1.06 bits per heavy atom. The van der Waals surface area contributed by atoms with Gasteiger partial charge < -0.3 is 10.7 Å². The predicted octanol–water partition coefficient (Wildman–Crippen LogP) is 3.70. The minimum atomic E-state index is 0.862. The first kappa shape index (κ1) is 11.8. The van der Waals surface area contributed by atoms with Gasteiger partial charge in [-0.2, -0.15) is 0 Å². The Labute approximate surface area is 103 Å². The van der Waals surface area contributed by atoms with Crippen molar-refractivity contribution in [2.45, 2.75) is 33.6 Å². The zero-order valence-corrected chi connectivity index (χ0v) is 10.8. The lowest BCUT2D eigenvalue weighted by atomic mass is 9.90. The van der Waals surface area contributed by atoms with Crippen LogP contribution in [0.1, 0.15) is 30.7 Å². The molecule has 90 valence electrons. The Hall–Kier alpha value is -1.70. The number of hydrogen-bond acceptors (Lipinski definition) is 1. The van der Waals surface area contributed by atoms with E-state index in [9.17, 15) is 0 Å². The molecule has 3 N–H and O–H groups in total. The van der Waals surface area contributed by atoms with Crippen LogP contribution in [0.5, 0.6) is 0 Å². The minimum Gasteiger partial charge on any atom is -0.399 e. The fraction of sp³-hybridized carbons (Fsp3) is 0.333. The molecule has 0 aliphatic heterocycles. The summed E-state index contributed by atoms with van der Waals surface area (Å²) in [5.41, 5.74) is 13.3. The molecule has 0 unspecified atom stereocenters. The zero-order chi connectivity index (χ0) is 12.4. The van der Waals surface area contributed by atoms with E-state index in [4.69, 9.17) is 5.73 Å². The molecule has 17 heavy (non-hydrogen) atoms. The average Bonchev–Trinajstić information content (AvgIpc) is 2.72. The molecule has 1 heterocycles. The first-order chi connectivity index (χ1) is 8.24. The molecule has 0 amide bonds. The Morgan fingerprint density at radius 3 is 2.53 bits per heavy atom. The predicted molar refractivity (Wildman–Crippen MR) is 74.1 cm³/mol. The summed E-state index contributed by atoms with van der Waals surface area (Å²) in [7, 11) is 0. The number of rotatable bonds is 0. The van der Waals surface area contributed by atoms with Crippen molar-refractivity contribution in [2.75, 3.05) is 5.73 Å². The zero-order valence-electron chi connectivity index (χ0n) is 10.8. The number of nitrogens with two attached hydrogens (primary N) is 1. The highest BCUT2D eigenvalue weighted by atomic mass is 14.7. The number of nitrogen functional groups attached to an aromatic ring is 1. The van der Waals surface area contributed by atoms with Crippen molar-refractivity contribution < 1.29 is 0 Å². The normalized spacial score (nSPS) is 12.2. The SMILES string of the molecule is CC.Cc1cc2c([nH]1)-c1ccc(N)cc1CC2. The van der Waals surface area contributed by atoms with Gasteiger partial charge in [0.15, 0.2) is 0 Å². The van der Waals surface area contributed by atoms with Gasteiger partial charge in [0.2, 0.25) is 0 Å². The monoisotopic (exact) mass is 228 g/mol.